The van der Waals surface area contributed by atoms with Gasteiger partial charge in [0.1, 0.15) is 0 Å². The molecule has 0 spiro atoms. The molecule has 0 radical (unpaired) electrons. The first-order valence-electron chi connectivity index (χ1n) is 7.05. The molecule has 0 bridgehead atoms. The average molecular weight is 371 g/mol. The van der Waals surface area contributed by atoms with Crippen LogP contribution in [0.4, 0.5) is 0 Å². The Bertz CT molecular complexity index is 642. The lowest BCUT2D eigenvalue weighted by atomic mass is 10.1. The summed E-state index contributed by atoms with van der Waals surface area (Å²) in [5.74, 6) is -0.786. The second-order valence-electron chi connectivity index (χ2n) is 5.07. The van der Waals surface area contributed by atoms with Gasteiger partial charge in [-0.15, -0.1) is 0 Å². The van der Waals surface area contributed by atoms with Crippen molar-refractivity contribution < 1.29 is 9.90 Å². The van der Waals surface area contributed by atoms with Gasteiger partial charge in [-0.3, -0.25) is 4.79 Å². The van der Waals surface area contributed by atoms with Gasteiger partial charge in [0.15, 0.2) is 5.16 Å². The van der Waals surface area contributed by atoms with Crippen LogP contribution in [0.3, 0.4) is 0 Å². The number of nitrogens with zero attached hydrogens (tertiary/aromatic N) is 2. The molecule has 1 unspecified atom stereocenters. The maximum atomic E-state index is 10.8. The zero-order valence-electron chi connectivity index (χ0n) is 12.2. The Labute approximate surface area is 137 Å². The van der Waals surface area contributed by atoms with Gasteiger partial charge in [0.05, 0.1) is 16.8 Å². The summed E-state index contributed by atoms with van der Waals surface area (Å²) in [5.41, 5.74) is 1.97. The first-order valence-corrected chi connectivity index (χ1v) is 8.83. The topological polar surface area (TPSA) is 55.1 Å². The van der Waals surface area contributed by atoms with Gasteiger partial charge < -0.3 is 9.67 Å². The van der Waals surface area contributed by atoms with E-state index in [4.69, 9.17) is 5.11 Å². The van der Waals surface area contributed by atoms with Gasteiger partial charge in [0, 0.05) is 10.5 Å². The predicted octanol–water partition coefficient (Wildman–Crippen LogP) is 4.73. The zero-order valence-corrected chi connectivity index (χ0v) is 14.6. The Kier molecular flexibility index (Phi) is 5.70. The molecule has 1 N–H and O–H groups in total. The van der Waals surface area contributed by atoms with Gasteiger partial charge in [0.2, 0.25) is 0 Å². The number of fused-ring (bicyclic) bond motifs is 1. The Morgan fingerprint density at radius 3 is 2.95 bits per heavy atom. The van der Waals surface area contributed by atoms with Crippen LogP contribution in [0, 0.1) is 0 Å². The average Bonchev–Trinajstić information content (AvgIpc) is 2.79. The number of hydrogen-bond acceptors (Lipinski definition) is 3. The number of carboxylic acid groups (broad SMARTS) is 1. The minimum absolute atomic E-state index is 0.0327. The number of hydrogen-bond donors (Lipinski definition) is 1. The van der Waals surface area contributed by atoms with Gasteiger partial charge in [-0.2, -0.15) is 0 Å². The summed E-state index contributed by atoms with van der Waals surface area (Å²) in [5, 5.41) is 9.69. The quantitative estimate of drug-likeness (QED) is 0.715. The van der Waals surface area contributed by atoms with Gasteiger partial charge in [0.25, 0.3) is 0 Å². The van der Waals surface area contributed by atoms with E-state index in [1.807, 2.05) is 18.2 Å². The van der Waals surface area contributed by atoms with Crippen LogP contribution >= 0.6 is 27.7 Å². The third kappa shape index (κ3) is 4.01. The Morgan fingerprint density at radius 1 is 1.52 bits per heavy atom. The molecule has 6 heteroatoms. The van der Waals surface area contributed by atoms with Crippen LogP contribution in [-0.4, -0.2) is 26.4 Å². The molecule has 2 aromatic rings. The molecule has 0 aliphatic carbocycles. The van der Waals surface area contributed by atoms with E-state index in [9.17, 15) is 4.79 Å². The highest BCUT2D eigenvalue weighted by atomic mass is 79.9. The van der Waals surface area contributed by atoms with Crippen molar-refractivity contribution in [2.75, 3.05) is 5.75 Å². The van der Waals surface area contributed by atoms with E-state index < -0.39 is 5.97 Å². The van der Waals surface area contributed by atoms with Crippen molar-refractivity contribution >= 4 is 44.7 Å². The molecule has 0 aliphatic rings. The minimum Gasteiger partial charge on any atom is -0.481 e. The number of benzene rings is 1. The molecule has 21 heavy (non-hydrogen) atoms. The summed E-state index contributed by atoms with van der Waals surface area (Å²) in [4.78, 5) is 15.4. The summed E-state index contributed by atoms with van der Waals surface area (Å²) >= 11 is 4.74. The highest BCUT2D eigenvalue weighted by molar-refractivity contribution is 9.10. The van der Waals surface area contributed by atoms with Crippen LogP contribution in [0.2, 0.25) is 0 Å². The summed E-state index contributed by atoms with van der Waals surface area (Å²) in [7, 11) is 0. The minimum atomic E-state index is -0.819. The lowest BCUT2D eigenvalue weighted by molar-refractivity contribution is -0.133. The molecule has 0 amide bonds. The number of thioether (sulfide) groups is 1. The van der Waals surface area contributed by atoms with Gasteiger partial charge in [-0.05, 0) is 31.5 Å². The van der Waals surface area contributed by atoms with E-state index in [1.54, 1.807) is 0 Å². The second kappa shape index (κ2) is 7.31. The molecular formula is C15H19BrN2O2S. The van der Waals surface area contributed by atoms with Crippen molar-refractivity contribution in [3.63, 3.8) is 0 Å². The van der Waals surface area contributed by atoms with E-state index >= 15 is 0 Å². The molecule has 4 nitrogen and oxygen atoms in total. The third-order valence-corrected chi connectivity index (χ3v) is 4.79. The van der Waals surface area contributed by atoms with Crippen LogP contribution in [0.15, 0.2) is 27.8 Å². The lowest BCUT2D eigenvalue weighted by Gasteiger charge is -2.16. The van der Waals surface area contributed by atoms with Crippen molar-refractivity contribution in [3.8, 4) is 0 Å². The summed E-state index contributed by atoms with van der Waals surface area (Å²) in [6, 6.07) is 6.33. The first kappa shape index (κ1) is 16.4. The molecule has 0 saturated carbocycles. The lowest BCUT2D eigenvalue weighted by Crippen LogP contribution is -2.08. The number of aromatic nitrogens is 2. The number of carboxylic acids is 1. The van der Waals surface area contributed by atoms with E-state index in [-0.39, 0.29) is 5.75 Å². The molecule has 114 valence electrons. The molecule has 2 rings (SSSR count). The molecular weight excluding hydrogens is 352 g/mol. The van der Waals surface area contributed by atoms with Gasteiger partial charge in [-0.25, -0.2) is 4.98 Å². The van der Waals surface area contributed by atoms with Crippen LogP contribution in [-0.2, 0) is 4.79 Å². The fourth-order valence-electron chi connectivity index (χ4n) is 2.33. The predicted molar refractivity (Wildman–Crippen MR) is 90.0 cm³/mol. The van der Waals surface area contributed by atoms with Crippen molar-refractivity contribution in [2.24, 2.45) is 0 Å². The van der Waals surface area contributed by atoms with Crippen LogP contribution < -0.4 is 0 Å². The van der Waals surface area contributed by atoms with E-state index in [2.05, 4.69) is 39.3 Å². The highest BCUT2D eigenvalue weighted by Crippen LogP contribution is 2.31. The SMILES string of the molecule is CCCCC(C)n1c(SCC(=O)O)nc2cc(Br)ccc21. The summed E-state index contributed by atoms with van der Waals surface area (Å²) in [6.45, 7) is 4.35. The molecule has 0 saturated heterocycles. The number of unbranched alkanes of at least 4 members (excludes halogenated alkanes) is 1. The van der Waals surface area contributed by atoms with Gasteiger partial charge >= 0.3 is 5.97 Å². The molecule has 1 heterocycles. The van der Waals surface area contributed by atoms with Crippen molar-refractivity contribution in [2.45, 2.75) is 44.3 Å². The first-order chi connectivity index (χ1) is 10.0. The molecule has 1 aromatic carbocycles. The fourth-order valence-corrected chi connectivity index (χ4v) is 3.51. The van der Waals surface area contributed by atoms with Crippen molar-refractivity contribution in [3.05, 3.63) is 22.7 Å². The Morgan fingerprint density at radius 2 is 2.29 bits per heavy atom. The van der Waals surface area contributed by atoms with E-state index in [0.29, 0.717) is 6.04 Å². The van der Waals surface area contributed by atoms with E-state index in [1.165, 1.54) is 11.8 Å². The summed E-state index contributed by atoms with van der Waals surface area (Å²) in [6.07, 6.45) is 3.37. The number of rotatable bonds is 7. The smallest absolute Gasteiger partial charge is 0.313 e. The van der Waals surface area contributed by atoms with Crippen molar-refractivity contribution in [1.29, 1.82) is 0 Å². The second-order valence-corrected chi connectivity index (χ2v) is 6.93. The highest BCUT2D eigenvalue weighted by Gasteiger charge is 2.17. The number of carbonyl (C=O) groups is 1. The van der Waals surface area contributed by atoms with Gasteiger partial charge in [-0.1, -0.05) is 47.5 Å². The molecule has 0 fully saturated rings. The molecule has 1 atom stereocenters. The maximum absolute atomic E-state index is 10.8. The van der Waals surface area contributed by atoms with Crippen LogP contribution in [0.25, 0.3) is 11.0 Å². The largest absolute Gasteiger partial charge is 0.481 e. The van der Waals surface area contributed by atoms with Crippen molar-refractivity contribution in [1.82, 2.24) is 9.55 Å². The zero-order chi connectivity index (χ0) is 15.4. The summed E-state index contributed by atoms with van der Waals surface area (Å²) < 4.78 is 3.15. The Balaban J connectivity index is 2.41. The number of imidazole rings is 1. The third-order valence-electron chi connectivity index (χ3n) is 3.36. The van der Waals surface area contributed by atoms with E-state index in [0.717, 1.165) is 39.9 Å². The van der Waals surface area contributed by atoms with Crippen LogP contribution in [0.5, 0.6) is 0 Å². The Hall–Kier alpha value is -1.01. The number of aliphatic carboxylic acids is 1. The molecule has 1 aromatic heterocycles. The van der Waals surface area contributed by atoms with Crippen LogP contribution in [0.1, 0.15) is 39.2 Å². The fraction of sp³-hybridized carbons (Fsp3) is 0.467. The monoisotopic (exact) mass is 370 g/mol. The maximum Gasteiger partial charge on any atom is 0.313 e. The standard InChI is InChI=1S/C15H19BrN2O2S/c1-3-4-5-10(2)18-13-7-6-11(16)8-12(13)17-15(18)21-9-14(19)20/h6-8,10H,3-5,9H2,1-2H3,(H,19,20). The normalized spacial score (nSPS) is 12.7. The number of halogens is 1. The molecule has 0 aliphatic heterocycles.